The molecule has 0 fully saturated rings. The maximum Gasteiger partial charge on any atom is 0.240 e. The molecule has 0 bridgehead atoms. The van der Waals surface area contributed by atoms with Gasteiger partial charge in [0.15, 0.2) is 0 Å². The SMILES string of the molecule is CNCCNS(=O)(=O)c1ccc(F)cc1C. The Morgan fingerprint density at radius 2 is 2.00 bits per heavy atom. The van der Waals surface area contributed by atoms with Crippen molar-refractivity contribution in [3.8, 4) is 0 Å². The van der Waals surface area contributed by atoms with Gasteiger partial charge in [0.1, 0.15) is 5.82 Å². The molecule has 0 saturated heterocycles. The summed E-state index contributed by atoms with van der Waals surface area (Å²) in [6.07, 6.45) is 0. The minimum atomic E-state index is -3.54. The van der Waals surface area contributed by atoms with E-state index in [1.54, 1.807) is 14.0 Å². The Hall–Kier alpha value is -0.980. The standard InChI is InChI=1S/C10H15FN2O2S/c1-8-7-9(11)3-4-10(8)16(14,15)13-6-5-12-2/h3-4,7,12-13H,5-6H2,1-2H3. The monoisotopic (exact) mass is 246 g/mol. The minimum Gasteiger partial charge on any atom is -0.318 e. The number of hydrogen-bond acceptors (Lipinski definition) is 3. The third-order valence-electron chi connectivity index (χ3n) is 2.09. The molecule has 6 heteroatoms. The van der Waals surface area contributed by atoms with E-state index in [1.807, 2.05) is 0 Å². The lowest BCUT2D eigenvalue weighted by atomic mass is 10.2. The van der Waals surface area contributed by atoms with Crippen molar-refractivity contribution in [1.82, 2.24) is 10.0 Å². The van der Waals surface area contributed by atoms with Crippen LogP contribution in [0.4, 0.5) is 4.39 Å². The van der Waals surface area contributed by atoms with Crippen molar-refractivity contribution in [2.75, 3.05) is 20.1 Å². The Labute approximate surface area is 94.9 Å². The molecule has 1 aromatic carbocycles. The second-order valence-corrected chi connectivity index (χ2v) is 5.15. The lowest BCUT2D eigenvalue weighted by Crippen LogP contribution is -2.30. The van der Waals surface area contributed by atoms with Gasteiger partial charge in [-0.3, -0.25) is 0 Å². The van der Waals surface area contributed by atoms with Crippen molar-refractivity contribution in [2.45, 2.75) is 11.8 Å². The number of nitrogens with one attached hydrogen (secondary N) is 2. The second-order valence-electron chi connectivity index (χ2n) is 3.41. The molecule has 0 radical (unpaired) electrons. The zero-order valence-corrected chi connectivity index (χ0v) is 10.1. The van der Waals surface area contributed by atoms with Gasteiger partial charge in [-0.05, 0) is 37.7 Å². The van der Waals surface area contributed by atoms with Gasteiger partial charge in [0.05, 0.1) is 4.90 Å². The number of aryl methyl sites for hydroxylation is 1. The first-order valence-corrected chi connectivity index (χ1v) is 6.36. The number of sulfonamides is 1. The molecule has 16 heavy (non-hydrogen) atoms. The first-order valence-electron chi connectivity index (χ1n) is 4.88. The average Bonchev–Trinajstić information content (AvgIpc) is 2.17. The van der Waals surface area contributed by atoms with Crippen molar-refractivity contribution in [3.05, 3.63) is 29.6 Å². The zero-order valence-electron chi connectivity index (χ0n) is 9.25. The summed E-state index contributed by atoms with van der Waals surface area (Å²) in [6.45, 7) is 2.41. The Morgan fingerprint density at radius 1 is 1.31 bits per heavy atom. The van der Waals surface area contributed by atoms with Crippen LogP contribution in [0.15, 0.2) is 23.1 Å². The Balaban J connectivity index is 2.90. The fourth-order valence-corrected chi connectivity index (χ4v) is 2.56. The van der Waals surface area contributed by atoms with E-state index in [1.165, 1.54) is 12.1 Å². The largest absolute Gasteiger partial charge is 0.318 e. The van der Waals surface area contributed by atoms with Gasteiger partial charge in [0.25, 0.3) is 0 Å². The molecule has 0 aromatic heterocycles. The van der Waals surface area contributed by atoms with Crippen molar-refractivity contribution < 1.29 is 12.8 Å². The van der Waals surface area contributed by atoms with Gasteiger partial charge < -0.3 is 5.32 Å². The predicted octanol–water partition coefficient (Wildman–Crippen LogP) is 0.632. The summed E-state index contributed by atoms with van der Waals surface area (Å²) in [5, 5.41) is 2.83. The highest BCUT2D eigenvalue weighted by Gasteiger charge is 2.15. The third-order valence-corrected chi connectivity index (χ3v) is 3.71. The summed E-state index contributed by atoms with van der Waals surface area (Å²) in [4.78, 5) is 0.116. The molecule has 0 aliphatic carbocycles. The van der Waals surface area contributed by atoms with E-state index in [4.69, 9.17) is 0 Å². The van der Waals surface area contributed by atoms with Gasteiger partial charge in [0, 0.05) is 13.1 Å². The van der Waals surface area contributed by atoms with Crippen LogP contribution in [0.3, 0.4) is 0 Å². The number of hydrogen-bond donors (Lipinski definition) is 2. The van der Waals surface area contributed by atoms with Gasteiger partial charge >= 0.3 is 0 Å². The van der Waals surface area contributed by atoms with E-state index in [-0.39, 0.29) is 4.90 Å². The van der Waals surface area contributed by atoms with Gasteiger partial charge in [-0.15, -0.1) is 0 Å². The van der Waals surface area contributed by atoms with E-state index in [9.17, 15) is 12.8 Å². The number of benzene rings is 1. The van der Waals surface area contributed by atoms with Crippen LogP contribution < -0.4 is 10.0 Å². The first kappa shape index (κ1) is 13.1. The molecule has 0 saturated carbocycles. The first-order chi connectivity index (χ1) is 7.47. The van der Waals surface area contributed by atoms with Crippen LogP contribution in [0.2, 0.25) is 0 Å². The van der Waals surface area contributed by atoms with Crippen LogP contribution in [0, 0.1) is 12.7 Å². The Morgan fingerprint density at radius 3 is 2.56 bits per heavy atom. The molecule has 0 spiro atoms. The van der Waals surface area contributed by atoms with E-state index in [2.05, 4.69) is 10.0 Å². The van der Waals surface area contributed by atoms with Gasteiger partial charge in [-0.1, -0.05) is 0 Å². The van der Waals surface area contributed by atoms with E-state index in [0.717, 1.165) is 6.07 Å². The Kier molecular flexibility index (Phi) is 4.40. The van der Waals surface area contributed by atoms with E-state index in [0.29, 0.717) is 18.7 Å². The molecule has 1 rings (SSSR count). The van der Waals surface area contributed by atoms with E-state index < -0.39 is 15.8 Å². The highest BCUT2D eigenvalue weighted by molar-refractivity contribution is 7.89. The topological polar surface area (TPSA) is 58.2 Å². The molecule has 0 atom stereocenters. The normalized spacial score (nSPS) is 11.7. The summed E-state index contributed by atoms with van der Waals surface area (Å²) in [5.74, 6) is -0.438. The average molecular weight is 246 g/mol. The highest BCUT2D eigenvalue weighted by atomic mass is 32.2. The minimum absolute atomic E-state index is 0.116. The van der Waals surface area contributed by atoms with Gasteiger partial charge in [-0.25, -0.2) is 17.5 Å². The number of halogens is 1. The van der Waals surface area contributed by atoms with Crippen LogP contribution in [-0.2, 0) is 10.0 Å². The lowest BCUT2D eigenvalue weighted by molar-refractivity contribution is 0.578. The molecule has 0 heterocycles. The molecule has 2 N–H and O–H groups in total. The summed E-state index contributed by atoms with van der Waals surface area (Å²) in [5.41, 5.74) is 0.400. The van der Waals surface area contributed by atoms with Crippen LogP contribution in [0.5, 0.6) is 0 Å². The maximum absolute atomic E-state index is 12.8. The smallest absolute Gasteiger partial charge is 0.240 e. The molecule has 0 amide bonds. The quantitative estimate of drug-likeness (QED) is 0.749. The van der Waals surface area contributed by atoms with Crippen LogP contribution in [-0.4, -0.2) is 28.6 Å². The fourth-order valence-electron chi connectivity index (χ4n) is 1.30. The van der Waals surface area contributed by atoms with Crippen molar-refractivity contribution in [3.63, 3.8) is 0 Å². The Bertz CT molecular complexity index is 460. The predicted molar refractivity (Wildman–Crippen MR) is 60.3 cm³/mol. The molecule has 4 nitrogen and oxygen atoms in total. The highest BCUT2D eigenvalue weighted by Crippen LogP contribution is 2.15. The zero-order chi connectivity index (χ0) is 12.2. The van der Waals surface area contributed by atoms with Crippen LogP contribution in [0.25, 0.3) is 0 Å². The van der Waals surface area contributed by atoms with Crippen molar-refractivity contribution in [1.29, 1.82) is 0 Å². The fraction of sp³-hybridized carbons (Fsp3) is 0.400. The van der Waals surface area contributed by atoms with Gasteiger partial charge in [-0.2, -0.15) is 0 Å². The van der Waals surface area contributed by atoms with Crippen molar-refractivity contribution >= 4 is 10.0 Å². The van der Waals surface area contributed by atoms with Crippen LogP contribution in [0.1, 0.15) is 5.56 Å². The summed E-state index contributed by atoms with van der Waals surface area (Å²) in [6, 6.07) is 3.61. The number of likely N-dealkylation sites (N-methyl/N-ethyl adjacent to an activating group) is 1. The lowest BCUT2D eigenvalue weighted by Gasteiger charge is -2.08. The van der Waals surface area contributed by atoms with Gasteiger partial charge in [0.2, 0.25) is 10.0 Å². The molecule has 0 unspecified atom stereocenters. The van der Waals surface area contributed by atoms with Crippen molar-refractivity contribution in [2.24, 2.45) is 0 Å². The third kappa shape index (κ3) is 3.26. The van der Waals surface area contributed by atoms with Crippen LogP contribution >= 0.6 is 0 Å². The second kappa shape index (κ2) is 5.38. The molecule has 0 aliphatic rings. The summed E-state index contributed by atoms with van der Waals surface area (Å²) in [7, 11) is -1.80. The molecule has 0 aliphatic heterocycles. The summed E-state index contributed by atoms with van der Waals surface area (Å²) < 4.78 is 38.8. The molecule has 90 valence electrons. The van der Waals surface area contributed by atoms with E-state index >= 15 is 0 Å². The number of rotatable bonds is 5. The molecule has 1 aromatic rings. The molecular formula is C10H15FN2O2S. The summed E-state index contributed by atoms with van der Waals surface area (Å²) >= 11 is 0. The maximum atomic E-state index is 12.8. The molecular weight excluding hydrogens is 231 g/mol.